The van der Waals surface area contributed by atoms with Gasteiger partial charge >= 0.3 is 0 Å². The van der Waals surface area contributed by atoms with Gasteiger partial charge in [0, 0.05) is 18.1 Å². The first-order valence-electron chi connectivity index (χ1n) is 6.95. The van der Waals surface area contributed by atoms with E-state index < -0.39 is 11.9 Å². The van der Waals surface area contributed by atoms with Gasteiger partial charge in [-0.2, -0.15) is 0 Å². The fourth-order valence-corrected chi connectivity index (χ4v) is 2.29. The van der Waals surface area contributed by atoms with Gasteiger partial charge in [0.15, 0.2) is 12.0 Å². The van der Waals surface area contributed by atoms with Crippen LogP contribution < -0.4 is 16.8 Å². The SMILES string of the molecule is CC(NC(=O)c1ncnc2c1CCC(=O)N2)c1cc(C=O)no1.N. The lowest BCUT2D eigenvalue weighted by Gasteiger charge is -2.18. The molecule has 126 valence electrons. The van der Waals surface area contributed by atoms with Gasteiger partial charge in [-0.05, 0) is 13.3 Å². The molecule has 5 N–H and O–H groups in total. The van der Waals surface area contributed by atoms with Crippen LogP contribution in [0.4, 0.5) is 5.82 Å². The molecule has 0 spiro atoms. The number of anilines is 1. The number of hydrogen-bond donors (Lipinski definition) is 3. The molecule has 10 nitrogen and oxygen atoms in total. The first-order valence-corrected chi connectivity index (χ1v) is 6.95. The molecule has 0 radical (unpaired) electrons. The maximum atomic E-state index is 12.4. The maximum absolute atomic E-state index is 12.4. The fourth-order valence-electron chi connectivity index (χ4n) is 2.29. The first kappa shape index (κ1) is 17.2. The number of carbonyl (C=O) groups excluding carboxylic acids is 3. The van der Waals surface area contributed by atoms with Gasteiger partial charge in [0.1, 0.15) is 23.5 Å². The first-order chi connectivity index (χ1) is 11.1. The van der Waals surface area contributed by atoms with Crippen LogP contribution >= 0.6 is 0 Å². The minimum Gasteiger partial charge on any atom is -0.358 e. The second kappa shape index (κ2) is 6.96. The minimum atomic E-state index is -0.493. The van der Waals surface area contributed by atoms with Crippen molar-refractivity contribution in [3.05, 3.63) is 35.1 Å². The molecule has 3 heterocycles. The number of amides is 2. The van der Waals surface area contributed by atoms with Gasteiger partial charge in [0.25, 0.3) is 5.91 Å². The van der Waals surface area contributed by atoms with Crippen LogP contribution in [-0.2, 0) is 11.2 Å². The molecular weight excluding hydrogens is 316 g/mol. The number of nitrogens with zero attached hydrogens (tertiary/aromatic N) is 3. The van der Waals surface area contributed by atoms with Crippen molar-refractivity contribution < 1.29 is 18.9 Å². The van der Waals surface area contributed by atoms with E-state index in [4.69, 9.17) is 4.52 Å². The summed E-state index contributed by atoms with van der Waals surface area (Å²) in [5.41, 5.74) is 0.961. The van der Waals surface area contributed by atoms with E-state index in [2.05, 4.69) is 25.8 Å². The molecular formula is C14H16N6O4. The van der Waals surface area contributed by atoms with E-state index in [1.165, 1.54) is 12.4 Å². The molecule has 2 amide bonds. The third-order valence-corrected chi connectivity index (χ3v) is 3.46. The predicted molar refractivity (Wildman–Crippen MR) is 81.8 cm³/mol. The average molecular weight is 332 g/mol. The molecule has 0 saturated carbocycles. The Morgan fingerprint density at radius 3 is 2.92 bits per heavy atom. The van der Waals surface area contributed by atoms with Gasteiger partial charge in [0.2, 0.25) is 5.91 Å². The van der Waals surface area contributed by atoms with Crippen molar-refractivity contribution in [3.8, 4) is 0 Å². The molecule has 2 aromatic rings. The Morgan fingerprint density at radius 2 is 2.21 bits per heavy atom. The molecule has 1 unspecified atom stereocenters. The van der Waals surface area contributed by atoms with Crippen LogP contribution in [0.15, 0.2) is 16.9 Å². The Hall–Kier alpha value is -3.14. The number of fused-ring (bicyclic) bond motifs is 1. The van der Waals surface area contributed by atoms with E-state index >= 15 is 0 Å². The number of aromatic nitrogens is 3. The summed E-state index contributed by atoms with van der Waals surface area (Å²) >= 11 is 0. The Morgan fingerprint density at radius 1 is 1.42 bits per heavy atom. The van der Waals surface area contributed by atoms with Crippen molar-refractivity contribution in [1.29, 1.82) is 0 Å². The van der Waals surface area contributed by atoms with Crippen LogP contribution in [0.3, 0.4) is 0 Å². The Kier molecular flexibility index (Phi) is 4.99. The molecule has 0 bridgehead atoms. The largest absolute Gasteiger partial charge is 0.358 e. The number of rotatable bonds is 4. The highest BCUT2D eigenvalue weighted by Gasteiger charge is 2.25. The quantitative estimate of drug-likeness (QED) is 0.693. The Labute approximate surface area is 136 Å². The molecule has 3 rings (SSSR count). The van der Waals surface area contributed by atoms with E-state index in [9.17, 15) is 14.4 Å². The summed E-state index contributed by atoms with van der Waals surface area (Å²) in [5.74, 6) is 0.156. The summed E-state index contributed by atoms with van der Waals surface area (Å²) < 4.78 is 5.00. The zero-order valence-corrected chi connectivity index (χ0v) is 12.9. The van der Waals surface area contributed by atoms with Crippen molar-refractivity contribution in [2.24, 2.45) is 0 Å². The predicted octanol–water partition coefficient (Wildman–Crippen LogP) is 0.815. The normalized spacial score (nSPS) is 14.0. The van der Waals surface area contributed by atoms with Gasteiger partial charge < -0.3 is 21.3 Å². The Balaban J connectivity index is 0.00000208. The zero-order valence-electron chi connectivity index (χ0n) is 12.9. The third-order valence-electron chi connectivity index (χ3n) is 3.46. The van der Waals surface area contributed by atoms with Crippen LogP contribution in [0.5, 0.6) is 0 Å². The summed E-state index contributed by atoms with van der Waals surface area (Å²) in [7, 11) is 0. The van der Waals surface area contributed by atoms with E-state index in [0.717, 1.165) is 0 Å². The molecule has 1 atom stereocenters. The molecule has 0 saturated heterocycles. The van der Waals surface area contributed by atoms with E-state index in [1.54, 1.807) is 6.92 Å². The molecule has 2 aromatic heterocycles. The monoisotopic (exact) mass is 332 g/mol. The summed E-state index contributed by atoms with van der Waals surface area (Å²) in [6.45, 7) is 1.70. The van der Waals surface area contributed by atoms with Crippen LogP contribution in [0.1, 0.15) is 51.7 Å². The lowest BCUT2D eigenvalue weighted by atomic mass is 10.0. The zero-order chi connectivity index (χ0) is 16.4. The van der Waals surface area contributed by atoms with E-state index in [-0.39, 0.29) is 29.9 Å². The second-order valence-corrected chi connectivity index (χ2v) is 5.06. The fraction of sp³-hybridized carbons (Fsp3) is 0.286. The molecule has 0 aliphatic carbocycles. The average Bonchev–Trinajstić information content (AvgIpc) is 3.03. The van der Waals surface area contributed by atoms with Gasteiger partial charge in [-0.1, -0.05) is 5.16 Å². The number of hydrogen-bond acceptors (Lipinski definition) is 8. The maximum Gasteiger partial charge on any atom is 0.270 e. The summed E-state index contributed by atoms with van der Waals surface area (Å²) in [6.07, 6.45) is 2.46. The van der Waals surface area contributed by atoms with Crippen LogP contribution in [0.2, 0.25) is 0 Å². The third kappa shape index (κ3) is 3.27. The van der Waals surface area contributed by atoms with Gasteiger partial charge in [-0.15, -0.1) is 0 Å². The van der Waals surface area contributed by atoms with Gasteiger partial charge in [0.05, 0.1) is 6.04 Å². The van der Waals surface area contributed by atoms with E-state index in [0.29, 0.717) is 29.8 Å². The summed E-state index contributed by atoms with van der Waals surface area (Å²) in [5, 5.41) is 8.88. The van der Waals surface area contributed by atoms with Gasteiger partial charge in [-0.25, -0.2) is 9.97 Å². The lowest BCUT2D eigenvalue weighted by Crippen LogP contribution is -2.30. The highest BCUT2D eigenvalue weighted by molar-refractivity contribution is 5.99. The molecule has 0 aromatic carbocycles. The second-order valence-electron chi connectivity index (χ2n) is 5.06. The molecule has 1 aliphatic heterocycles. The Bertz CT molecular complexity index is 787. The van der Waals surface area contributed by atoms with Crippen LogP contribution in [-0.4, -0.2) is 33.2 Å². The highest BCUT2D eigenvalue weighted by atomic mass is 16.5. The van der Waals surface area contributed by atoms with Crippen molar-refractivity contribution in [3.63, 3.8) is 0 Å². The molecule has 24 heavy (non-hydrogen) atoms. The van der Waals surface area contributed by atoms with Crippen LogP contribution in [0, 0.1) is 0 Å². The van der Waals surface area contributed by atoms with Crippen molar-refractivity contribution in [1.82, 2.24) is 26.6 Å². The number of nitrogens with one attached hydrogen (secondary N) is 2. The van der Waals surface area contributed by atoms with Gasteiger partial charge in [-0.3, -0.25) is 14.4 Å². The summed E-state index contributed by atoms with van der Waals surface area (Å²) in [4.78, 5) is 42.4. The standard InChI is InChI=1S/C14H13N5O4.H3N/c1-7(10-4-8(5-20)19-23-10)17-14(22)12-9-2-3-11(21)18-13(9)16-6-15-12;/h4-7H,2-3H2,1H3,(H,17,22)(H,15,16,18,21);1H3. The van der Waals surface area contributed by atoms with Crippen molar-refractivity contribution >= 4 is 23.9 Å². The number of carbonyl (C=O) groups is 3. The molecule has 1 aliphatic rings. The highest BCUT2D eigenvalue weighted by Crippen LogP contribution is 2.22. The van der Waals surface area contributed by atoms with Crippen molar-refractivity contribution in [2.45, 2.75) is 25.8 Å². The molecule has 0 fully saturated rings. The van der Waals surface area contributed by atoms with Crippen molar-refractivity contribution in [2.75, 3.05) is 5.32 Å². The number of aldehydes is 1. The minimum absolute atomic E-state index is 0. The smallest absolute Gasteiger partial charge is 0.270 e. The lowest BCUT2D eigenvalue weighted by molar-refractivity contribution is -0.116. The van der Waals surface area contributed by atoms with E-state index in [1.807, 2.05) is 0 Å². The topological polar surface area (TPSA) is 162 Å². The van der Waals surface area contributed by atoms with Crippen LogP contribution in [0.25, 0.3) is 0 Å². The molecule has 10 heteroatoms. The summed E-state index contributed by atoms with van der Waals surface area (Å²) in [6, 6.07) is 0.959.